The van der Waals surface area contributed by atoms with E-state index >= 15 is 0 Å². The van der Waals surface area contributed by atoms with Crippen LogP contribution in [0.2, 0.25) is 0 Å². The number of pyridine rings is 2. The van der Waals surface area contributed by atoms with Crippen LogP contribution < -0.4 is 0 Å². The number of rotatable bonds is 6. The van der Waals surface area contributed by atoms with Crippen LogP contribution in [0.3, 0.4) is 0 Å². The van der Waals surface area contributed by atoms with E-state index in [0.717, 1.165) is 23.5 Å². The Bertz CT molecular complexity index is 761. The van der Waals surface area contributed by atoms with Gasteiger partial charge in [0.25, 0.3) is 0 Å². The van der Waals surface area contributed by atoms with Gasteiger partial charge >= 0.3 is 0 Å². The molecule has 0 bridgehead atoms. The number of thioether (sulfide) groups is 2. The molecule has 0 aliphatic rings. The summed E-state index contributed by atoms with van der Waals surface area (Å²) in [5, 5.41) is 38.7. The zero-order valence-corrected chi connectivity index (χ0v) is 19.0. The molecule has 0 spiro atoms. The first-order valence-electron chi connectivity index (χ1n) is 7.72. The van der Waals surface area contributed by atoms with Crippen LogP contribution >= 0.6 is 48.3 Å². The molecule has 2 heterocycles. The Morgan fingerprint density at radius 1 is 0.862 bits per heavy atom. The normalized spacial score (nSPS) is 9.79. The van der Waals surface area contributed by atoms with Gasteiger partial charge in [-0.3, -0.25) is 14.8 Å². The van der Waals surface area contributed by atoms with Gasteiger partial charge in [0.1, 0.15) is 11.5 Å². The molecule has 0 aliphatic heterocycles. The quantitative estimate of drug-likeness (QED) is 0.481. The summed E-state index contributed by atoms with van der Waals surface area (Å²) in [5.74, 6) is 0.429. The van der Waals surface area contributed by atoms with Gasteiger partial charge in [-0.1, -0.05) is 23.5 Å². The number of carbonyl (C=O) groups excluding carboxylic acids is 1. The van der Waals surface area contributed by atoms with Gasteiger partial charge in [-0.15, -0.1) is 24.8 Å². The largest absolute Gasteiger partial charge is 0.506 e. The number of nitrogens with zero attached hydrogens (tertiary/aromatic N) is 2. The molecule has 0 saturated carbocycles. The number of aliphatic hydroxyl groups excluding tert-OH is 2. The van der Waals surface area contributed by atoms with Gasteiger partial charge in [-0.25, -0.2) is 0 Å². The molecule has 0 aromatic carbocycles. The van der Waals surface area contributed by atoms with Crippen molar-refractivity contribution in [1.82, 2.24) is 9.97 Å². The van der Waals surface area contributed by atoms with Crippen molar-refractivity contribution in [2.45, 2.75) is 38.6 Å². The summed E-state index contributed by atoms with van der Waals surface area (Å²) in [4.78, 5) is 20.2. The van der Waals surface area contributed by atoms with Crippen LogP contribution in [-0.2, 0) is 24.7 Å². The molecule has 0 radical (unpaired) electrons. The molecular weight excluding hydrogens is 463 g/mol. The lowest BCUT2D eigenvalue weighted by atomic mass is 10.1. The lowest BCUT2D eigenvalue weighted by Gasteiger charge is -2.11. The highest BCUT2D eigenvalue weighted by Crippen LogP contribution is 2.31. The van der Waals surface area contributed by atoms with Crippen LogP contribution in [-0.4, -0.2) is 40.3 Å². The van der Waals surface area contributed by atoms with Gasteiger partial charge in [0.15, 0.2) is 0 Å². The number of aromatic nitrogens is 2. The van der Waals surface area contributed by atoms with Gasteiger partial charge in [-0.05, 0) is 25.0 Å². The van der Waals surface area contributed by atoms with E-state index in [9.17, 15) is 25.2 Å². The van der Waals surface area contributed by atoms with E-state index in [2.05, 4.69) is 9.97 Å². The molecule has 2 aromatic heterocycles. The Morgan fingerprint density at radius 3 is 1.52 bits per heavy atom. The fraction of sp³-hybridized carbons (Fsp3) is 0.353. The van der Waals surface area contributed by atoms with E-state index in [4.69, 9.17) is 0 Å². The van der Waals surface area contributed by atoms with Crippen molar-refractivity contribution in [2.24, 2.45) is 0 Å². The summed E-state index contributed by atoms with van der Waals surface area (Å²) in [5.41, 5.74) is 2.79. The Morgan fingerprint density at radius 2 is 1.21 bits per heavy atom. The smallest absolute Gasteiger partial charge is 0.246 e. The van der Waals surface area contributed by atoms with E-state index < -0.39 is 0 Å². The molecule has 12 heteroatoms. The van der Waals surface area contributed by atoms with Crippen molar-refractivity contribution in [2.75, 3.05) is 0 Å². The summed E-state index contributed by atoms with van der Waals surface area (Å²) in [6.45, 7) is 2.60. The first-order chi connectivity index (χ1) is 12.4. The third-order valence-corrected chi connectivity index (χ3v) is 5.96. The fourth-order valence-electron chi connectivity index (χ4n) is 2.29. The molecule has 6 N–H and O–H groups in total. The standard InChI is InChI=1S/C17H20N2O5S2.2ClH.H2O/c1-9-15(22)13(5-20)11(3-18-9)7-25-17(24)26-8-12-4-19-10(2)16(23)14(12)6-21;;;/h3-4,20-23H,5-8H2,1-2H3;2*1H;1H2. The van der Waals surface area contributed by atoms with Crippen molar-refractivity contribution in [3.05, 3.63) is 46.0 Å². The molecule has 0 unspecified atom stereocenters. The second-order valence-corrected chi connectivity index (χ2v) is 7.69. The van der Waals surface area contributed by atoms with Gasteiger partial charge in [0.05, 0.1) is 24.6 Å². The first kappa shape index (κ1) is 29.9. The average molecular weight is 487 g/mol. The molecule has 164 valence electrons. The van der Waals surface area contributed by atoms with Crippen molar-refractivity contribution in [3.63, 3.8) is 0 Å². The number of halogens is 2. The Balaban J connectivity index is 0. The van der Waals surface area contributed by atoms with E-state index in [1.165, 1.54) is 12.4 Å². The zero-order chi connectivity index (χ0) is 19.3. The Hall–Kier alpha value is -1.27. The number of carbonyl (C=O) groups is 1. The number of aliphatic hydroxyl groups is 2. The maximum Gasteiger partial charge on any atom is 0.246 e. The van der Waals surface area contributed by atoms with Crippen LogP contribution in [0.5, 0.6) is 11.5 Å². The monoisotopic (exact) mass is 486 g/mol. The summed E-state index contributed by atoms with van der Waals surface area (Å²) in [7, 11) is 0. The average Bonchev–Trinajstić information content (AvgIpc) is 2.63. The van der Waals surface area contributed by atoms with Crippen molar-refractivity contribution < 1.29 is 30.7 Å². The topological polar surface area (TPSA) is 155 Å². The minimum Gasteiger partial charge on any atom is -0.506 e. The highest BCUT2D eigenvalue weighted by Gasteiger charge is 2.15. The van der Waals surface area contributed by atoms with Gasteiger partial charge in [-0.2, -0.15) is 0 Å². The molecule has 0 atom stereocenters. The number of aromatic hydroxyl groups is 2. The second-order valence-electron chi connectivity index (χ2n) is 5.54. The van der Waals surface area contributed by atoms with Crippen molar-refractivity contribution >= 4 is 52.8 Å². The summed E-state index contributed by atoms with van der Waals surface area (Å²) in [6.07, 6.45) is 3.08. The van der Waals surface area contributed by atoms with Crippen molar-refractivity contribution in [3.8, 4) is 11.5 Å². The number of hydrogen-bond acceptors (Lipinski definition) is 9. The maximum absolute atomic E-state index is 12.1. The summed E-state index contributed by atoms with van der Waals surface area (Å²) in [6, 6.07) is 0. The minimum atomic E-state index is -0.333. The lowest BCUT2D eigenvalue weighted by molar-refractivity contribution is 0.273. The summed E-state index contributed by atoms with van der Waals surface area (Å²) < 4.78 is -0.169. The molecule has 0 saturated heterocycles. The first-order valence-corrected chi connectivity index (χ1v) is 9.70. The third-order valence-electron chi connectivity index (χ3n) is 3.87. The van der Waals surface area contributed by atoms with Crippen LogP contribution in [0.4, 0.5) is 4.79 Å². The highest BCUT2D eigenvalue weighted by atomic mass is 35.5. The predicted molar refractivity (Wildman–Crippen MR) is 119 cm³/mol. The number of aryl methyl sites for hydroxylation is 2. The van der Waals surface area contributed by atoms with E-state index in [0.29, 0.717) is 33.6 Å². The second kappa shape index (κ2) is 13.9. The van der Waals surface area contributed by atoms with E-state index in [1.807, 2.05) is 0 Å². The van der Waals surface area contributed by atoms with Crippen molar-refractivity contribution in [1.29, 1.82) is 0 Å². The predicted octanol–water partition coefficient (Wildman–Crippen LogP) is 2.79. The molecule has 0 fully saturated rings. The molecule has 0 aliphatic carbocycles. The van der Waals surface area contributed by atoms with E-state index in [1.54, 1.807) is 13.8 Å². The molecule has 2 rings (SSSR count). The maximum atomic E-state index is 12.1. The van der Waals surface area contributed by atoms with Gasteiger partial charge in [0.2, 0.25) is 4.45 Å². The molecule has 0 amide bonds. The van der Waals surface area contributed by atoms with Gasteiger partial charge < -0.3 is 25.9 Å². The lowest BCUT2D eigenvalue weighted by Crippen LogP contribution is -2.00. The van der Waals surface area contributed by atoms with Crippen LogP contribution in [0, 0.1) is 13.8 Å². The Labute approximate surface area is 189 Å². The fourth-order valence-corrected chi connectivity index (χ4v) is 4.02. The molecular formula is C17H24Cl2N2O6S2. The number of hydrogen-bond donors (Lipinski definition) is 4. The van der Waals surface area contributed by atoms with Crippen LogP contribution in [0.1, 0.15) is 33.6 Å². The molecule has 2 aromatic rings. The summed E-state index contributed by atoms with van der Waals surface area (Å²) >= 11 is 2.06. The molecule has 8 nitrogen and oxygen atoms in total. The van der Waals surface area contributed by atoms with E-state index in [-0.39, 0.29) is 71.0 Å². The van der Waals surface area contributed by atoms with Crippen LogP contribution in [0.15, 0.2) is 12.4 Å². The third kappa shape index (κ3) is 7.49. The molecule has 29 heavy (non-hydrogen) atoms. The Kier molecular flexibility index (Phi) is 14.3. The SMILES string of the molecule is Cc1ncc(CSC(=O)SCc2cnc(C)c(O)c2CO)c(CO)c1O.Cl.Cl.O. The van der Waals surface area contributed by atoms with Crippen LogP contribution in [0.25, 0.3) is 0 Å². The van der Waals surface area contributed by atoms with Gasteiger partial charge in [0, 0.05) is 35.0 Å². The zero-order valence-electron chi connectivity index (χ0n) is 15.7. The minimum absolute atomic E-state index is 0. The highest BCUT2D eigenvalue weighted by molar-refractivity contribution is 8.37.